The monoisotopic (exact) mass is 301 g/mol. The number of pyridine rings is 1. The first-order valence-corrected chi connectivity index (χ1v) is 6.66. The molecule has 0 unspecified atom stereocenters. The number of benzene rings is 1. The Bertz CT molecular complexity index is 740. The molecular formula is C15H15N3O4. The van der Waals surface area contributed by atoms with E-state index in [0.717, 1.165) is 28.5 Å². The number of rotatable bonds is 5. The third-order valence-corrected chi connectivity index (χ3v) is 3.17. The van der Waals surface area contributed by atoms with Crippen LogP contribution in [0, 0.1) is 10.1 Å². The minimum absolute atomic E-state index is 0.219. The predicted molar refractivity (Wildman–Crippen MR) is 80.4 cm³/mol. The van der Waals surface area contributed by atoms with E-state index in [1.165, 1.54) is 0 Å². The van der Waals surface area contributed by atoms with Gasteiger partial charge in [-0.15, -0.1) is 0 Å². The van der Waals surface area contributed by atoms with Crippen LogP contribution < -0.4 is 10.9 Å². The molecule has 114 valence electrons. The molecule has 0 bridgehead atoms. The van der Waals surface area contributed by atoms with E-state index in [2.05, 4.69) is 5.32 Å². The quantitative estimate of drug-likeness (QED) is 0.671. The summed E-state index contributed by atoms with van der Waals surface area (Å²) in [5.41, 5.74) is 0.235. The Hall–Kier alpha value is -2.96. The third kappa shape index (κ3) is 3.78. The molecule has 1 aromatic carbocycles. The maximum absolute atomic E-state index is 12.0. The number of hydrogen-bond acceptors (Lipinski definition) is 4. The summed E-state index contributed by atoms with van der Waals surface area (Å²) in [6.07, 6.45) is 1.06. The fraction of sp³-hybridized carbons (Fsp3) is 0.200. The Kier molecular flexibility index (Phi) is 4.67. The van der Waals surface area contributed by atoms with Crippen LogP contribution in [0.15, 0.2) is 53.5 Å². The summed E-state index contributed by atoms with van der Waals surface area (Å²) in [4.78, 5) is 33.7. The number of hydrogen-bond donors (Lipinski definition) is 1. The number of carbonyl (C=O) groups is 1. The minimum atomic E-state index is -0.611. The van der Waals surface area contributed by atoms with E-state index in [9.17, 15) is 19.7 Å². The minimum Gasteiger partial charge on any atom is -0.348 e. The molecule has 0 saturated heterocycles. The van der Waals surface area contributed by atoms with Gasteiger partial charge in [0, 0.05) is 12.1 Å². The Morgan fingerprint density at radius 2 is 1.95 bits per heavy atom. The molecule has 0 aliphatic rings. The zero-order valence-electron chi connectivity index (χ0n) is 11.9. The molecule has 1 heterocycles. The first-order chi connectivity index (χ1) is 10.5. The van der Waals surface area contributed by atoms with Crippen LogP contribution in [0.25, 0.3) is 0 Å². The maximum Gasteiger partial charge on any atom is 0.285 e. The summed E-state index contributed by atoms with van der Waals surface area (Å²) in [5.74, 6) is -0.390. The lowest BCUT2D eigenvalue weighted by atomic mass is 10.1. The van der Waals surface area contributed by atoms with Crippen LogP contribution in [0.1, 0.15) is 18.5 Å². The van der Waals surface area contributed by atoms with Crippen molar-refractivity contribution in [2.45, 2.75) is 19.5 Å². The van der Waals surface area contributed by atoms with E-state index in [1.54, 1.807) is 0 Å². The van der Waals surface area contributed by atoms with Gasteiger partial charge in [-0.1, -0.05) is 30.3 Å². The van der Waals surface area contributed by atoms with Gasteiger partial charge in [0.15, 0.2) is 0 Å². The summed E-state index contributed by atoms with van der Waals surface area (Å²) in [7, 11) is 0. The Morgan fingerprint density at radius 1 is 1.27 bits per heavy atom. The zero-order chi connectivity index (χ0) is 16.1. The van der Waals surface area contributed by atoms with Crippen molar-refractivity contribution >= 4 is 11.6 Å². The Morgan fingerprint density at radius 3 is 2.59 bits per heavy atom. The van der Waals surface area contributed by atoms with Crippen LogP contribution in [0.3, 0.4) is 0 Å². The highest BCUT2D eigenvalue weighted by atomic mass is 16.6. The average Bonchev–Trinajstić information content (AvgIpc) is 2.50. The van der Waals surface area contributed by atoms with Gasteiger partial charge < -0.3 is 5.32 Å². The van der Waals surface area contributed by atoms with Gasteiger partial charge in [0.05, 0.1) is 17.2 Å². The second-order valence-corrected chi connectivity index (χ2v) is 4.81. The molecule has 1 amide bonds. The smallest absolute Gasteiger partial charge is 0.285 e. The Labute approximate surface area is 126 Å². The molecule has 1 N–H and O–H groups in total. The highest BCUT2D eigenvalue weighted by Gasteiger charge is 2.13. The Balaban J connectivity index is 2.08. The van der Waals surface area contributed by atoms with E-state index in [0.29, 0.717) is 0 Å². The van der Waals surface area contributed by atoms with Crippen molar-refractivity contribution in [2.75, 3.05) is 0 Å². The molecule has 2 rings (SSSR count). The van der Waals surface area contributed by atoms with Crippen molar-refractivity contribution in [3.63, 3.8) is 0 Å². The predicted octanol–water partition coefficient (Wildman–Crippen LogP) is 1.63. The van der Waals surface area contributed by atoms with Crippen LogP contribution >= 0.6 is 0 Å². The molecule has 0 aliphatic carbocycles. The first-order valence-electron chi connectivity index (χ1n) is 6.66. The lowest BCUT2D eigenvalue weighted by Gasteiger charge is -2.14. The standard InChI is InChI=1S/C15H15N3O4/c1-11(12-5-3-2-4-6-12)16-14(19)10-17-9-13(18(21)22)7-8-15(17)20/h2-9,11H,10H2,1H3,(H,16,19)/t11-/m1/s1. The van der Waals surface area contributed by atoms with E-state index >= 15 is 0 Å². The molecule has 0 saturated carbocycles. The van der Waals surface area contributed by atoms with Gasteiger partial charge in [-0.3, -0.25) is 24.3 Å². The normalized spacial score (nSPS) is 11.7. The number of nitrogens with zero attached hydrogens (tertiary/aromatic N) is 2. The van der Waals surface area contributed by atoms with Gasteiger partial charge in [0.1, 0.15) is 6.54 Å². The fourth-order valence-corrected chi connectivity index (χ4v) is 2.02. The molecule has 0 radical (unpaired) electrons. The summed E-state index contributed by atoms with van der Waals surface area (Å²) >= 11 is 0. The second-order valence-electron chi connectivity index (χ2n) is 4.81. The van der Waals surface area contributed by atoms with Gasteiger partial charge >= 0.3 is 0 Å². The van der Waals surface area contributed by atoms with E-state index in [1.807, 2.05) is 37.3 Å². The lowest BCUT2D eigenvalue weighted by molar-refractivity contribution is -0.385. The second kappa shape index (κ2) is 6.66. The van der Waals surface area contributed by atoms with E-state index in [-0.39, 0.29) is 24.2 Å². The maximum atomic E-state index is 12.0. The van der Waals surface area contributed by atoms with E-state index < -0.39 is 10.5 Å². The summed E-state index contributed by atoms with van der Waals surface area (Å²) < 4.78 is 1.02. The van der Waals surface area contributed by atoms with Gasteiger partial charge in [0.25, 0.3) is 11.2 Å². The summed E-state index contributed by atoms with van der Waals surface area (Å²) in [5, 5.41) is 13.5. The molecule has 0 fully saturated rings. The molecule has 7 heteroatoms. The van der Waals surface area contributed by atoms with Crippen molar-refractivity contribution in [2.24, 2.45) is 0 Å². The topological polar surface area (TPSA) is 94.2 Å². The van der Waals surface area contributed by atoms with E-state index in [4.69, 9.17) is 0 Å². The average molecular weight is 301 g/mol. The van der Waals surface area contributed by atoms with Crippen molar-refractivity contribution in [1.82, 2.24) is 9.88 Å². The molecule has 2 aromatic rings. The highest BCUT2D eigenvalue weighted by molar-refractivity contribution is 5.76. The van der Waals surface area contributed by atoms with Crippen LogP contribution in [-0.2, 0) is 11.3 Å². The number of nitro groups is 1. The molecule has 1 atom stereocenters. The molecule has 0 spiro atoms. The van der Waals surface area contributed by atoms with Crippen molar-refractivity contribution in [3.05, 3.63) is 74.7 Å². The van der Waals surface area contributed by atoms with Crippen LogP contribution in [0.4, 0.5) is 5.69 Å². The van der Waals surface area contributed by atoms with Gasteiger partial charge in [0.2, 0.25) is 5.91 Å². The van der Waals surface area contributed by atoms with Crippen LogP contribution in [-0.4, -0.2) is 15.4 Å². The zero-order valence-corrected chi connectivity index (χ0v) is 11.9. The fourth-order valence-electron chi connectivity index (χ4n) is 2.02. The van der Waals surface area contributed by atoms with Crippen molar-refractivity contribution in [3.8, 4) is 0 Å². The van der Waals surface area contributed by atoms with Crippen LogP contribution in [0.5, 0.6) is 0 Å². The number of nitrogens with one attached hydrogen (secondary N) is 1. The van der Waals surface area contributed by atoms with Gasteiger partial charge in [-0.2, -0.15) is 0 Å². The number of aromatic nitrogens is 1. The molecule has 22 heavy (non-hydrogen) atoms. The van der Waals surface area contributed by atoms with Gasteiger partial charge in [-0.05, 0) is 12.5 Å². The van der Waals surface area contributed by atoms with Gasteiger partial charge in [-0.25, -0.2) is 0 Å². The third-order valence-electron chi connectivity index (χ3n) is 3.17. The summed E-state index contributed by atoms with van der Waals surface area (Å²) in [6, 6.07) is 11.3. The highest BCUT2D eigenvalue weighted by Crippen LogP contribution is 2.11. The SMILES string of the molecule is C[C@@H](NC(=O)Cn1cc([N+](=O)[O-])ccc1=O)c1ccccc1. The van der Waals surface area contributed by atoms with Crippen molar-refractivity contribution in [1.29, 1.82) is 0 Å². The molecule has 7 nitrogen and oxygen atoms in total. The van der Waals surface area contributed by atoms with Crippen LogP contribution in [0.2, 0.25) is 0 Å². The first kappa shape index (κ1) is 15.4. The number of amides is 1. The summed E-state index contributed by atoms with van der Waals surface area (Å²) in [6.45, 7) is 1.56. The number of carbonyl (C=O) groups excluding carboxylic acids is 1. The molecule has 1 aromatic heterocycles. The largest absolute Gasteiger partial charge is 0.348 e. The molecule has 0 aliphatic heterocycles. The van der Waals surface area contributed by atoms with Crippen molar-refractivity contribution < 1.29 is 9.72 Å². The molecular weight excluding hydrogens is 286 g/mol. The lowest BCUT2D eigenvalue weighted by Crippen LogP contribution is -2.33.